The lowest BCUT2D eigenvalue weighted by molar-refractivity contribution is -0.115. The normalized spacial score (nSPS) is 10.7. The zero-order valence-corrected chi connectivity index (χ0v) is 13.5. The molecule has 8 heteroatoms. The van der Waals surface area contributed by atoms with Crippen molar-refractivity contribution in [2.45, 2.75) is 19.8 Å². The number of benzene rings is 1. The molecule has 2 rings (SSSR count). The second-order valence-electron chi connectivity index (χ2n) is 5.32. The zero-order valence-electron chi connectivity index (χ0n) is 13.5. The summed E-state index contributed by atoms with van der Waals surface area (Å²) in [5.41, 5.74) is 0.595. The molecular weight excluding hydrogens is 303 g/mol. The van der Waals surface area contributed by atoms with Crippen LogP contribution >= 0.6 is 0 Å². The van der Waals surface area contributed by atoms with Crippen molar-refractivity contribution in [3.63, 3.8) is 0 Å². The predicted octanol–water partition coefficient (Wildman–Crippen LogP) is 2.42. The largest absolute Gasteiger partial charge is 0.494 e. The van der Waals surface area contributed by atoms with Gasteiger partial charge in [-0.2, -0.15) is 0 Å². The van der Waals surface area contributed by atoms with Crippen LogP contribution in [0.2, 0.25) is 0 Å². The number of hydrogen-bond acceptors (Lipinski definition) is 6. The molecule has 1 heterocycles. The van der Waals surface area contributed by atoms with E-state index in [9.17, 15) is 9.18 Å². The minimum atomic E-state index is -0.407. The Hall–Kier alpha value is -2.64. The Morgan fingerprint density at radius 3 is 2.78 bits per heavy atom. The second kappa shape index (κ2) is 7.08. The standard InChI is InChI=1S/C15H19FN4O3/c1-9(2)14-18-19-15(23-14)17-13(21)8-20(3)11-6-5-10(16)7-12(11)22-4/h5-7,9H,8H2,1-4H3,(H,17,19,21). The molecule has 0 unspecified atom stereocenters. The van der Waals surface area contributed by atoms with Crippen LogP contribution in [0.3, 0.4) is 0 Å². The fraction of sp³-hybridized carbons (Fsp3) is 0.400. The van der Waals surface area contributed by atoms with Gasteiger partial charge in [-0.15, -0.1) is 5.10 Å². The van der Waals surface area contributed by atoms with Crippen molar-refractivity contribution >= 4 is 17.6 Å². The van der Waals surface area contributed by atoms with Crippen molar-refractivity contribution in [1.29, 1.82) is 0 Å². The van der Waals surface area contributed by atoms with Crippen molar-refractivity contribution in [2.75, 3.05) is 30.9 Å². The summed E-state index contributed by atoms with van der Waals surface area (Å²) in [5.74, 6) is 0.140. The van der Waals surface area contributed by atoms with Gasteiger partial charge in [0.2, 0.25) is 11.8 Å². The zero-order chi connectivity index (χ0) is 17.0. The highest BCUT2D eigenvalue weighted by atomic mass is 19.1. The number of rotatable bonds is 6. The summed E-state index contributed by atoms with van der Waals surface area (Å²) in [7, 11) is 3.14. The molecule has 1 aromatic heterocycles. The summed E-state index contributed by atoms with van der Waals surface area (Å²) in [5, 5.41) is 10.1. The van der Waals surface area contributed by atoms with Gasteiger partial charge in [0.05, 0.1) is 19.3 Å². The summed E-state index contributed by atoms with van der Waals surface area (Å²) in [6.45, 7) is 3.84. The molecule has 1 amide bonds. The van der Waals surface area contributed by atoms with Gasteiger partial charge >= 0.3 is 6.01 Å². The van der Waals surface area contributed by atoms with Crippen LogP contribution in [0.15, 0.2) is 22.6 Å². The highest BCUT2D eigenvalue weighted by Gasteiger charge is 2.16. The SMILES string of the molecule is COc1cc(F)ccc1N(C)CC(=O)Nc1nnc(C(C)C)o1. The molecular formula is C15H19FN4O3. The molecule has 7 nitrogen and oxygen atoms in total. The van der Waals surface area contributed by atoms with Crippen molar-refractivity contribution in [1.82, 2.24) is 10.2 Å². The van der Waals surface area contributed by atoms with Gasteiger partial charge in [0.25, 0.3) is 0 Å². The summed E-state index contributed by atoms with van der Waals surface area (Å²) < 4.78 is 23.6. The van der Waals surface area contributed by atoms with Crippen LogP contribution in [0, 0.1) is 5.82 Å². The molecule has 2 aromatic rings. The average molecular weight is 322 g/mol. The van der Waals surface area contributed by atoms with Crippen LogP contribution in [-0.4, -0.2) is 36.8 Å². The smallest absolute Gasteiger partial charge is 0.322 e. The molecule has 23 heavy (non-hydrogen) atoms. The molecule has 124 valence electrons. The Morgan fingerprint density at radius 1 is 1.43 bits per heavy atom. The summed E-state index contributed by atoms with van der Waals surface area (Å²) in [6.07, 6.45) is 0. The number of nitrogens with one attached hydrogen (secondary N) is 1. The number of carbonyl (C=O) groups is 1. The van der Waals surface area contributed by atoms with Crippen LogP contribution in [0.5, 0.6) is 5.75 Å². The van der Waals surface area contributed by atoms with Gasteiger partial charge in [0, 0.05) is 19.0 Å². The maximum atomic E-state index is 13.2. The predicted molar refractivity (Wildman–Crippen MR) is 83.2 cm³/mol. The maximum Gasteiger partial charge on any atom is 0.322 e. The molecule has 0 atom stereocenters. The second-order valence-corrected chi connectivity index (χ2v) is 5.32. The van der Waals surface area contributed by atoms with E-state index in [1.165, 1.54) is 19.2 Å². The van der Waals surface area contributed by atoms with Crippen molar-refractivity contribution < 1.29 is 18.3 Å². The lowest BCUT2D eigenvalue weighted by Crippen LogP contribution is -2.30. The molecule has 1 aromatic carbocycles. The van der Waals surface area contributed by atoms with Gasteiger partial charge in [0.1, 0.15) is 11.6 Å². The third-order valence-electron chi connectivity index (χ3n) is 3.11. The van der Waals surface area contributed by atoms with E-state index in [1.807, 2.05) is 13.8 Å². The first-order valence-corrected chi connectivity index (χ1v) is 7.08. The van der Waals surface area contributed by atoms with Gasteiger partial charge in [-0.1, -0.05) is 18.9 Å². The molecule has 0 bridgehead atoms. The van der Waals surface area contributed by atoms with Crippen molar-refractivity contribution in [3.8, 4) is 5.75 Å². The Balaban J connectivity index is 2.01. The van der Waals surface area contributed by atoms with E-state index in [-0.39, 0.29) is 24.4 Å². The number of ether oxygens (including phenoxy) is 1. The third kappa shape index (κ3) is 4.18. The summed E-state index contributed by atoms with van der Waals surface area (Å²) >= 11 is 0. The number of likely N-dealkylation sites (N-methyl/N-ethyl adjacent to an activating group) is 1. The lowest BCUT2D eigenvalue weighted by atomic mass is 10.2. The maximum absolute atomic E-state index is 13.2. The van der Waals surface area contributed by atoms with Crippen molar-refractivity contribution in [2.24, 2.45) is 0 Å². The lowest BCUT2D eigenvalue weighted by Gasteiger charge is -2.20. The van der Waals surface area contributed by atoms with E-state index in [0.717, 1.165) is 0 Å². The molecule has 0 aliphatic carbocycles. The van der Waals surface area contributed by atoms with E-state index in [2.05, 4.69) is 15.5 Å². The number of methoxy groups -OCH3 is 1. The number of anilines is 2. The molecule has 1 N–H and O–H groups in total. The van der Waals surface area contributed by atoms with E-state index < -0.39 is 5.82 Å². The summed E-state index contributed by atoms with van der Waals surface area (Å²) in [4.78, 5) is 13.7. The van der Waals surface area contributed by atoms with Gasteiger partial charge in [-0.05, 0) is 12.1 Å². The first-order chi connectivity index (χ1) is 10.9. The first kappa shape index (κ1) is 16.7. The highest BCUT2D eigenvalue weighted by Crippen LogP contribution is 2.27. The number of nitrogens with zero attached hydrogens (tertiary/aromatic N) is 3. The molecule has 0 aliphatic heterocycles. The van der Waals surface area contributed by atoms with E-state index in [0.29, 0.717) is 17.3 Å². The molecule has 0 spiro atoms. The Bertz CT molecular complexity index is 687. The van der Waals surface area contributed by atoms with Gasteiger partial charge < -0.3 is 14.1 Å². The van der Waals surface area contributed by atoms with Crippen LogP contribution in [0.1, 0.15) is 25.7 Å². The number of carbonyl (C=O) groups excluding carboxylic acids is 1. The van der Waals surface area contributed by atoms with Gasteiger partial charge in [-0.3, -0.25) is 10.1 Å². The topological polar surface area (TPSA) is 80.5 Å². The van der Waals surface area contributed by atoms with Crippen LogP contribution in [0.4, 0.5) is 16.1 Å². The van der Waals surface area contributed by atoms with E-state index in [1.54, 1.807) is 18.0 Å². The quantitative estimate of drug-likeness (QED) is 0.879. The number of aromatic nitrogens is 2. The average Bonchev–Trinajstić information content (AvgIpc) is 2.95. The van der Waals surface area contributed by atoms with Gasteiger partial charge in [-0.25, -0.2) is 4.39 Å². The Labute approximate surface area is 133 Å². The Kier molecular flexibility index (Phi) is 5.15. The number of hydrogen-bond donors (Lipinski definition) is 1. The van der Waals surface area contributed by atoms with Gasteiger partial charge in [0.15, 0.2) is 0 Å². The molecule has 0 aliphatic rings. The van der Waals surface area contributed by atoms with Crippen molar-refractivity contribution in [3.05, 3.63) is 29.9 Å². The first-order valence-electron chi connectivity index (χ1n) is 7.08. The molecule has 0 radical (unpaired) electrons. The molecule has 0 saturated heterocycles. The molecule has 0 fully saturated rings. The van der Waals surface area contributed by atoms with Crippen LogP contribution in [-0.2, 0) is 4.79 Å². The minimum Gasteiger partial charge on any atom is -0.494 e. The molecule has 0 saturated carbocycles. The fourth-order valence-corrected chi connectivity index (χ4v) is 1.94. The van der Waals surface area contributed by atoms with Crippen LogP contribution < -0.4 is 15.0 Å². The minimum absolute atomic E-state index is 0.0153. The van der Waals surface area contributed by atoms with Crippen LogP contribution in [0.25, 0.3) is 0 Å². The Morgan fingerprint density at radius 2 is 2.17 bits per heavy atom. The number of amides is 1. The van der Waals surface area contributed by atoms with E-state index >= 15 is 0 Å². The van der Waals surface area contributed by atoms with E-state index in [4.69, 9.17) is 9.15 Å². The third-order valence-corrected chi connectivity index (χ3v) is 3.11. The fourth-order valence-electron chi connectivity index (χ4n) is 1.94. The monoisotopic (exact) mass is 322 g/mol. The highest BCUT2D eigenvalue weighted by molar-refractivity contribution is 5.92. The summed E-state index contributed by atoms with van der Waals surface area (Å²) in [6, 6.07) is 4.17. The number of halogens is 1.